The van der Waals surface area contributed by atoms with Crippen LogP contribution < -0.4 is 9.80 Å². The molecule has 0 saturated carbocycles. The fourth-order valence-corrected chi connectivity index (χ4v) is 20.5. The van der Waals surface area contributed by atoms with Crippen molar-refractivity contribution >= 4 is 27.5 Å². The second kappa shape index (κ2) is 26.7. The first-order valence-corrected chi connectivity index (χ1v) is 29.8. The lowest BCUT2D eigenvalue weighted by atomic mass is 10.0. The van der Waals surface area contributed by atoms with Gasteiger partial charge in [-0.25, -0.2) is 0 Å². The van der Waals surface area contributed by atoms with Crippen LogP contribution in [-0.2, 0) is 0 Å². The Bertz CT molecular complexity index is 1950. The molecular formula is C59H87N3Si2. The van der Waals surface area contributed by atoms with E-state index in [9.17, 15) is 0 Å². The van der Waals surface area contributed by atoms with Crippen LogP contribution in [0.4, 0.5) is 11.4 Å². The maximum atomic E-state index is 4.63. The summed E-state index contributed by atoms with van der Waals surface area (Å²) >= 11 is 0. The van der Waals surface area contributed by atoms with Gasteiger partial charge in [0.2, 0.25) is 0 Å². The number of hydrogen-bond acceptors (Lipinski definition) is 3. The van der Waals surface area contributed by atoms with Crippen molar-refractivity contribution in [2.24, 2.45) is 0 Å². The van der Waals surface area contributed by atoms with E-state index in [1.165, 1.54) is 62.7 Å². The minimum absolute atomic E-state index is 0.557. The number of nitrogens with zero attached hydrogens (tertiary/aromatic N) is 3. The fourth-order valence-electron chi connectivity index (χ4n) is 10.1. The molecule has 3 aromatic rings. The van der Waals surface area contributed by atoms with Crippen molar-refractivity contribution in [3.8, 4) is 46.6 Å². The Balaban J connectivity index is 2.20. The normalized spacial score (nSPS) is 11.6. The van der Waals surface area contributed by atoms with Crippen LogP contribution in [0.1, 0.15) is 196 Å². The van der Waals surface area contributed by atoms with E-state index >= 15 is 0 Å². The Morgan fingerprint density at radius 3 is 1.00 bits per heavy atom. The summed E-state index contributed by atoms with van der Waals surface area (Å²) in [4.78, 5) is 9.74. The van der Waals surface area contributed by atoms with Crippen LogP contribution in [0.3, 0.4) is 0 Å². The molecule has 0 saturated heterocycles. The van der Waals surface area contributed by atoms with E-state index in [4.69, 9.17) is 0 Å². The summed E-state index contributed by atoms with van der Waals surface area (Å²) < 4.78 is 0. The zero-order chi connectivity index (χ0) is 47.5. The number of hydrogen-bond donors (Lipinski definition) is 0. The van der Waals surface area contributed by atoms with Crippen molar-refractivity contribution in [1.82, 2.24) is 4.98 Å². The van der Waals surface area contributed by atoms with Crippen LogP contribution >= 0.6 is 0 Å². The second-order valence-electron chi connectivity index (χ2n) is 20.1. The molecule has 0 atom stereocenters. The molecule has 0 aliphatic rings. The van der Waals surface area contributed by atoms with Crippen molar-refractivity contribution in [3.63, 3.8) is 0 Å². The molecule has 0 N–H and O–H groups in total. The number of aromatic nitrogens is 1. The number of rotatable bonds is 20. The van der Waals surface area contributed by atoms with Crippen molar-refractivity contribution in [3.05, 3.63) is 88.2 Å². The van der Waals surface area contributed by atoms with Gasteiger partial charge in [-0.05, 0) is 101 Å². The van der Waals surface area contributed by atoms with Crippen molar-refractivity contribution < 1.29 is 0 Å². The summed E-state index contributed by atoms with van der Waals surface area (Å²) in [5.41, 5.74) is 19.5. The van der Waals surface area contributed by atoms with Crippen LogP contribution in [0.2, 0.25) is 33.2 Å². The third-order valence-electron chi connectivity index (χ3n) is 13.8. The second-order valence-corrected chi connectivity index (χ2v) is 31.3. The molecule has 0 spiro atoms. The molecular weight excluding hydrogens is 807 g/mol. The third kappa shape index (κ3) is 14.4. The van der Waals surface area contributed by atoms with Gasteiger partial charge in [-0.3, -0.25) is 4.98 Å². The molecule has 0 bridgehead atoms. The van der Waals surface area contributed by atoms with Gasteiger partial charge in [0, 0.05) is 83.3 Å². The molecule has 2 aromatic carbocycles. The minimum atomic E-state index is -1.96. The maximum absolute atomic E-state index is 4.63. The Kier molecular flexibility index (Phi) is 22.6. The van der Waals surface area contributed by atoms with Gasteiger partial charge in [-0.2, -0.15) is 0 Å². The lowest BCUT2D eigenvalue weighted by molar-refractivity contribution is 0.678. The fraction of sp³-hybridized carbons (Fsp3) is 0.576. The predicted molar refractivity (Wildman–Crippen MR) is 289 cm³/mol. The van der Waals surface area contributed by atoms with E-state index in [1.807, 2.05) is 12.4 Å². The van der Waals surface area contributed by atoms with E-state index in [1.54, 1.807) is 0 Å². The highest BCUT2D eigenvalue weighted by molar-refractivity contribution is 6.91. The van der Waals surface area contributed by atoms with Gasteiger partial charge < -0.3 is 9.80 Å². The number of pyridine rings is 1. The van der Waals surface area contributed by atoms with Crippen molar-refractivity contribution in [2.75, 3.05) is 36.0 Å². The SMILES string of the molecule is CCCCN(CCCC)c1ccc(C#Cc2cncc(C#Cc3ccc(N(CCCC)CCCC)cc3C#C[Si](C(C)C)(C(C)C)C(C)C)c2)c(C#C[Si](C(C)C)(C(C)C)C(C)C)c1. The minimum Gasteiger partial charge on any atom is -0.372 e. The summed E-state index contributed by atoms with van der Waals surface area (Å²) in [5.74, 6) is 21.7. The summed E-state index contributed by atoms with van der Waals surface area (Å²) in [6.45, 7) is 42.0. The van der Waals surface area contributed by atoms with Gasteiger partial charge in [0.15, 0.2) is 0 Å². The number of benzene rings is 2. The zero-order valence-corrected chi connectivity index (χ0v) is 45.5. The largest absolute Gasteiger partial charge is 0.372 e. The third-order valence-corrected chi connectivity index (χ3v) is 26.4. The molecule has 1 aromatic heterocycles. The van der Waals surface area contributed by atoms with E-state index < -0.39 is 16.1 Å². The number of unbranched alkanes of at least 4 members (excludes halogenated alkanes) is 4. The molecule has 0 radical (unpaired) electrons. The Morgan fingerprint density at radius 2 is 0.719 bits per heavy atom. The highest BCUT2D eigenvalue weighted by Gasteiger charge is 2.42. The van der Waals surface area contributed by atoms with E-state index in [2.05, 4.69) is 215 Å². The molecule has 64 heavy (non-hydrogen) atoms. The van der Waals surface area contributed by atoms with Crippen LogP contribution in [0.5, 0.6) is 0 Å². The summed E-state index contributed by atoms with van der Waals surface area (Å²) in [6.07, 6.45) is 13.1. The summed E-state index contributed by atoms with van der Waals surface area (Å²) in [5, 5.41) is 0. The van der Waals surface area contributed by atoms with Crippen molar-refractivity contribution in [1.29, 1.82) is 0 Å². The lowest BCUT2D eigenvalue weighted by Gasteiger charge is -2.38. The van der Waals surface area contributed by atoms with Gasteiger partial charge >= 0.3 is 0 Å². The summed E-state index contributed by atoms with van der Waals surface area (Å²) in [7, 11) is -3.93. The molecule has 346 valence electrons. The Labute approximate surface area is 396 Å². The molecule has 5 heteroatoms. The smallest absolute Gasteiger partial charge is 0.146 e. The molecule has 3 nitrogen and oxygen atoms in total. The van der Waals surface area contributed by atoms with Crippen LogP contribution in [0, 0.1) is 46.6 Å². The van der Waals surface area contributed by atoms with E-state index in [-0.39, 0.29) is 0 Å². The molecule has 0 unspecified atom stereocenters. The standard InChI is InChI=1S/C59H87N3Si2/c1-17-21-35-61(36-22-18-2)58-31-29-54(56(42-58)33-39-63(46(5)6,47(7)8)48(9)10)27-25-52-41-53(45-60-44-52)26-28-55-30-32-59(62(37-23-19-3)38-24-20-4)43-57(55)34-40-64(49(11)12,50(13)14)51(15)16/h29-32,41-51H,17-24,35-38H2,1-16H3. The molecule has 0 amide bonds. The Hall–Kier alpha value is -4.14. The van der Waals surface area contributed by atoms with E-state index in [0.29, 0.717) is 33.2 Å². The molecule has 3 rings (SSSR count). The predicted octanol–water partition coefficient (Wildman–Crippen LogP) is 15.8. The van der Waals surface area contributed by atoms with Gasteiger partial charge in [0.25, 0.3) is 0 Å². The molecule has 0 aliphatic heterocycles. The van der Waals surface area contributed by atoms with Crippen LogP contribution in [-0.4, -0.2) is 47.3 Å². The molecule has 1 heterocycles. The van der Waals surface area contributed by atoms with Gasteiger partial charge in [-0.1, -0.05) is 172 Å². The van der Waals surface area contributed by atoms with Gasteiger partial charge in [-0.15, -0.1) is 11.1 Å². The first kappa shape index (κ1) is 54.2. The lowest BCUT2D eigenvalue weighted by Crippen LogP contribution is -2.43. The monoisotopic (exact) mass is 894 g/mol. The zero-order valence-electron chi connectivity index (χ0n) is 43.5. The van der Waals surface area contributed by atoms with Gasteiger partial charge in [0.05, 0.1) is 0 Å². The van der Waals surface area contributed by atoms with E-state index in [0.717, 1.165) is 59.6 Å². The first-order chi connectivity index (χ1) is 30.5. The average Bonchev–Trinajstić information content (AvgIpc) is 3.25. The highest BCUT2D eigenvalue weighted by atomic mass is 28.3. The van der Waals surface area contributed by atoms with Gasteiger partial charge in [0.1, 0.15) is 16.1 Å². The number of anilines is 2. The Morgan fingerprint density at radius 1 is 0.406 bits per heavy atom. The first-order valence-electron chi connectivity index (χ1n) is 25.3. The van der Waals surface area contributed by atoms with Crippen LogP contribution in [0.25, 0.3) is 0 Å². The van der Waals surface area contributed by atoms with Crippen LogP contribution in [0.15, 0.2) is 54.9 Å². The molecule has 0 fully saturated rings. The maximum Gasteiger partial charge on any atom is 0.146 e. The highest BCUT2D eigenvalue weighted by Crippen LogP contribution is 2.42. The topological polar surface area (TPSA) is 19.4 Å². The summed E-state index contributed by atoms with van der Waals surface area (Å²) in [6, 6.07) is 15.6. The average molecular weight is 895 g/mol. The quantitative estimate of drug-likeness (QED) is 0.0832. The van der Waals surface area contributed by atoms with Crippen molar-refractivity contribution in [2.45, 2.75) is 195 Å². The molecule has 0 aliphatic carbocycles.